The summed E-state index contributed by atoms with van der Waals surface area (Å²) in [6, 6.07) is 8.37. The van der Waals surface area contributed by atoms with Gasteiger partial charge in [0.05, 0.1) is 6.54 Å². The number of nitrogens with one attached hydrogen (secondary N) is 2. The van der Waals surface area contributed by atoms with Crippen LogP contribution in [0.3, 0.4) is 0 Å². The Bertz CT molecular complexity index is 420. The molecule has 2 N–H and O–H groups in total. The van der Waals surface area contributed by atoms with Crippen molar-refractivity contribution in [2.75, 3.05) is 25.0 Å². The third kappa shape index (κ3) is 5.61. The van der Waals surface area contributed by atoms with Gasteiger partial charge in [0, 0.05) is 31.4 Å². The third-order valence-corrected chi connectivity index (χ3v) is 3.12. The summed E-state index contributed by atoms with van der Waals surface area (Å²) in [6.07, 6.45) is 0. The van der Waals surface area contributed by atoms with Gasteiger partial charge in [0.15, 0.2) is 0 Å². The standard InChI is InChI=1S/C16H27N3O/c1-6-19(12-15(20)17-5)14-9-7-13(8-10-14)11-18-16(2,3)4/h7-10,18H,6,11-12H2,1-5H3,(H,17,20). The molecule has 112 valence electrons. The summed E-state index contributed by atoms with van der Waals surface area (Å²) in [5.41, 5.74) is 2.45. The van der Waals surface area contributed by atoms with Crippen LogP contribution in [-0.4, -0.2) is 31.6 Å². The minimum absolute atomic E-state index is 0.0327. The van der Waals surface area contributed by atoms with E-state index in [4.69, 9.17) is 0 Å². The predicted octanol–water partition coefficient (Wildman–Crippen LogP) is 2.15. The van der Waals surface area contributed by atoms with Crippen molar-refractivity contribution >= 4 is 11.6 Å². The van der Waals surface area contributed by atoms with Gasteiger partial charge >= 0.3 is 0 Å². The fraction of sp³-hybridized carbons (Fsp3) is 0.562. The number of nitrogens with zero attached hydrogens (tertiary/aromatic N) is 1. The van der Waals surface area contributed by atoms with Crippen molar-refractivity contribution < 1.29 is 4.79 Å². The maximum atomic E-state index is 11.5. The van der Waals surface area contributed by atoms with E-state index in [0.717, 1.165) is 18.8 Å². The number of likely N-dealkylation sites (N-methyl/N-ethyl adjacent to an activating group) is 2. The SMILES string of the molecule is CCN(CC(=O)NC)c1ccc(CNC(C)(C)C)cc1. The molecule has 0 spiro atoms. The molecule has 20 heavy (non-hydrogen) atoms. The number of benzene rings is 1. The van der Waals surface area contributed by atoms with Gasteiger partial charge < -0.3 is 15.5 Å². The lowest BCUT2D eigenvalue weighted by Gasteiger charge is -2.23. The highest BCUT2D eigenvalue weighted by atomic mass is 16.1. The molecule has 1 aromatic carbocycles. The van der Waals surface area contributed by atoms with Crippen molar-refractivity contribution in [3.63, 3.8) is 0 Å². The zero-order valence-corrected chi connectivity index (χ0v) is 13.3. The molecule has 0 aromatic heterocycles. The van der Waals surface area contributed by atoms with Gasteiger partial charge in [-0.3, -0.25) is 4.79 Å². The first kappa shape index (κ1) is 16.5. The van der Waals surface area contributed by atoms with Crippen LogP contribution in [-0.2, 0) is 11.3 Å². The van der Waals surface area contributed by atoms with Gasteiger partial charge in [-0.25, -0.2) is 0 Å². The zero-order valence-electron chi connectivity index (χ0n) is 13.3. The number of anilines is 1. The number of hydrogen-bond donors (Lipinski definition) is 2. The van der Waals surface area contributed by atoms with Gasteiger partial charge in [0.1, 0.15) is 0 Å². The average molecular weight is 277 g/mol. The Kier molecular flexibility index (Phi) is 6.02. The summed E-state index contributed by atoms with van der Waals surface area (Å²) in [7, 11) is 1.66. The summed E-state index contributed by atoms with van der Waals surface area (Å²) in [4.78, 5) is 13.5. The topological polar surface area (TPSA) is 44.4 Å². The van der Waals surface area contributed by atoms with Crippen molar-refractivity contribution in [1.82, 2.24) is 10.6 Å². The molecule has 0 aliphatic heterocycles. The van der Waals surface area contributed by atoms with Crippen LogP contribution < -0.4 is 15.5 Å². The Labute approximate surface area is 122 Å². The van der Waals surface area contributed by atoms with Crippen molar-refractivity contribution in [2.45, 2.75) is 39.8 Å². The third-order valence-electron chi connectivity index (χ3n) is 3.12. The quantitative estimate of drug-likeness (QED) is 0.837. The van der Waals surface area contributed by atoms with Crippen LogP contribution in [0.5, 0.6) is 0 Å². The van der Waals surface area contributed by atoms with Gasteiger partial charge in [-0.1, -0.05) is 12.1 Å². The van der Waals surface area contributed by atoms with E-state index >= 15 is 0 Å². The molecule has 4 nitrogen and oxygen atoms in total. The average Bonchev–Trinajstić information content (AvgIpc) is 2.42. The van der Waals surface area contributed by atoms with Crippen LogP contribution in [0.2, 0.25) is 0 Å². The lowest BCUT2D eigenvalue weighted by Crippen LogP contribution is -2.36. The first-order chi connectivity index (χ1) is 9.35. The molecule has 0 heterocycles. The lowest BCUT2D eigenvalue weighted by molar-refractivity contribution is -0.119. The minimum atomic E-state index is 0.0327. The van der Waals surface area contributed by atoms with E-state index in [1.807, 2.05) is 0 Å². The van der Waals surface area contributed by atoms with E-state index in [1.165, 1.54) is 5.56 Å². The Morgan fingerprint density at radius 2 is 1.80 bits per heavy atom. The maximum Gasteiger partial charge on any atom is 0.239 e. The second-order valence-electron chi connectivity index (χ2n) is 5.96. The van der Waals surface area contributed by atoms with Crippen LogP contribution in [0.4, 0.5) is 5.69 Å². The lowest BCUT2D eigenvalue weighted by atomic mass is 10.1. The Morgan fingerprint density at radius 3 is 2.25 bits per heavy atom. The molecule has 1 aromatic rings. The van der Waals surface area contributed by atoms with E-state index in [-0.39, 0.29) is 11.4 Å². The zero-order chi connectivity index (χ0) is 15.2. The summed E-state index contributed by atoms with van der Waals surface area (Å²) < 4.78 is 0. The van der Waals surface area contributed by atoms with E-state index in [0.29, 0.717) is 6.54 Å². The Hall–Kier alpha value is -1.55. The fourth-order valence-corrected chi connectivity index (χ4v) is 1.83. The molecule has 0 fully saturated rings. The molecule has 0 aliphatic carbocycles. The Balaban J connectivity index is 2.66. The van der Waals surface area contributed by atoms with Crippen LogP contribution in [0.25, 0.3) is 0 Å². The first-order valence-corrected chi connectivity index (χ1v) is 7.15. The van der Waals surface area contributed by atoms with Crippen molar-refractivity contribution in [1.29, 1.82) is 0 Å². The molecule has 0 bridgehead atoms. The molecule has 4 heteroatoms. The summed E-state index contributed by atoms with van der Waals surface area (Å²) in [5.74, 6) is 0.0327. The van der Waals surface area contributed by atoms with Crippen LogP contribution in [0, 0.1) is 0 Å². The molecule has 1 amide bonds. The maximum absolute atomic E-state index is 11.5. The number of amides is 1. The second kappa shape index (κ2) is 7.29. The predicted molar refractivity (Wildman–Crippen MR) is 85.0 cm³/mol. The van der Waals surface area contributed by atoms with E-state index in [9.17, 15) is 4.79 Å². The molecule has 0 saturated heterocycles. The second-order valence-corrected chi connectivity index (χ2v) is 5.96. The molecule has 0 unspecified atom stereocenters. The number of hydrogen-bond acceptors (Lipinski definition) is 3. The monoisotopic (exact) mass is 277 g/mol. The van der Waals surface area contributed by atoms with Crippen LogP contribution in [0.1, 0.15) is 33.3 Å². The van der Waals surface area contributed by atoms with Crippen LogP contribution >= 0.6 is 0 Å². The number of carbonyl (C=O) groups excluding carboxylic acids is 1. The van der Waals surface area contributed by atoms with Gasteiger partial charge in [-0.15, -0.1) is 0 Å². The molecular formula is C16H27N3O. The summed E-state index contributed by atoms with van der Waals surface area (Å²) in [5, 5.41) is 6.12. The molecule has 1 rings (SSSR count). The van der Waals surface area contributed by atoms with Crippen LogP contribution in [0.15, 0.2) is 24.3 Å². The molecule has 0 saturated carbocycles. The normalized spacial score (nSPS) is 11.2. The molecule has 0 radical (unpaired) electrons. The molecule has 0 atom stereocenters. The minimum Gasteiger partial charge on any atom is -0.363 e. The summed E-state index contributed by atoms with van der Waals surface area (Å²) in [6.45, 7) is 10.6. The van der Waals surface area contributed by atoms with Crippen molar-refractivity contribution in [3.8, 4) is 0 Å². The highest BCUT2D eigenvalue weighted by Crippen LogP contribution is 2.15. The van der Waals surface area contributed by atoms with E-state index in [1.54, 1.807) is 7.05 Å². The van der Waals surface area contributed by atoms with Crippen molar-refractivity contribution in [2.24, 2.45) is 0 Å². The van der Waals surface area contributed by atoms with Gasteiger partial charge in [0.25, 0.3) is 0 Å². The highest BCUT2D eigenvalue weighted by molar-refractivity contribution is 5.81. The fourth-order valence-electron chi connectivity index (χ4n) is 1.83. The highest BCUT2D eigenvalue weighted by Gasteiger charge is 2.10. The molecular weight excluding hydrogens is 250 g/mol. The number of rotatable bonds is 6. The molecule has 0 aliphatic rings. The smallest absolute Gasteiger partial charge is 0.239 e. The first-order valence-electron chi connectivity index (χ1n) is 7.15. The van der Waals surface area contributed by atoms with E-state index in [2.05, 4.69) is 67.5 Å². The van der Waals surface area contributed by atoms with Gasteiger partial charge in [-0.2, -0.15) is 0 Å². The summed E-state index contributed by atoms with van der Waals surface area (Å²) >= 11 is 0. The van der Waals surface area contributed by atoms with Crippen molar-refractivity contribution in [3.05, 3.63) is 29.8 Å². The van der Waals surface area contributed by atoms with Gasteiger partial charge in [-0.05, 0) is 45.4 Å². The Morgan fingerprint density at radius 1 is 1.20 bits per heavy atom. The largest absolute Gasteiger partial charge is 0.363 e. The van der Waals surface area contributed by atoms with Gasteiger partial charge in [0.2, 0.25) is 5.91 Å². The number of carbonyl (C=O) groups is 1. The van der Waals surface area contributed by atoms with E-state index < -0.39 is 0 Å².